The van der Waals surface area contributed by atoms with Gasteiger partial charge in [0.15, 0.2) is 0 Å². The average Bonchev–Trinajstić information content (AvgIpc) is 2.32. The lowest BCUT2D eigenvalue weighted by atomic mass is 10.1. The number of halogens is 1. The molecule has 1 heterocycles. The maximum absolute atomic E-state index is 6.12. The van der Waals surface area contributed by atoms with Crippen LogP contribution in [0, 0.1) is 13.8 Å². The molecule has 2 aromatic rings. The molecule has 0 aliphatic heterocycles. The number of aryl methyl sites for hydroxylation is 2. The highest BCUT2D eigenvalue weighted by Gasteiger charge is 2.02. The number of anilines is 1. The highest BCUT2D eigenvalue weighted by Crippen LogP contribution is 2.23. The lowest BCUT2D eigenvalue weighted by Crippen LogP contribution is -2.02. The van der Waals surface area contributed by atoms with Gasteiger partial charge in [0.25, 0.3) is 0 Å². The van der Waals surface area contributed by atoms with Crippen molar-refractivity contribution >= 4 is 17.3 Å². The van der Waals surface area contributed by atoms with Crippen LogP contribution in [0.2, 0.25) is 5.02 Å². The van der Waals surface area contributed by atoms with Gasteiger partial charge in [0, 0.05) is 18.9 Å². The third-order valence-electron chi connectivity index (χ3n) is 2.74. The predicted molar refractivity (Wildman–Crippen MR) is 72.5 cm³/mol. The molecule has 0 saturated heterocycles. The zero-order valence-electron chi connectivity index (χ0n) is 10.00. The van der Waals surface area contributed by atoms with E-state index in [0.29, 0.717) is 0 Å². The fourth-order valence-corrected chi connectivity index (χ4v) is 1.83. The summed E-state index contributed by atoms with van der Waals surface area (Å²) in [6.45, 7) is 4.87. The first-order valence-electron chi connectivity index (χ1n) is 5.56. The summed E-state index contributed by atoms with van der Waals surface area (Å²) in [6, 6.07) is 7.97. The van der Waals surface area contributed by atoms with E-state index in [1.165, 1.54) is 16.7 Å². The fourth-order valence-electron chi connectivity index (χ4n) is 1.65. The van der Waals surface area contributed by atoms with Crippen LogP contribution in [-0.4, -0.2) is 4.98 Å². The Morgan fingerprint density at radius 1 is 1.24 bits per heavy atom. The number of hydrogen-bond acceptors (Lipinski definition) is 2. The van der Waals surface area contributed by atoms with Gasteiger partial charge in [-0.25, -0.2) is 0 Å². The van der Waals surface area contributed by atoms with Crippen LogP contribution >= 0.6 is 11.6 Å². The quantitative estimate of drug-likeness (QED) is 0.887. The van der Waals surface area contributed by atoms with E-state index in [-0.39, 0.29) is 0 Å². The first-order chi connectivity index (χ1) is 8.16. The predicted octanol–water partition coefficient (Wildman–Crippen LogP) is 3.96. The zero-order chi connectivity index (χ0) is 12.3. The monoisotopic (exact) mass is 246 g/mol. The highest BCUT2D eigenvalue weighted by molar-refractivity contribution is 6.33. The molecule has 0 fully saturated rings. The van der Waals surface area contributed by atoms with Gasteiger partial charge < -0.3 is 5.32 Å². The molecule has 1 aromatic heterocycles. The van der Waals surface area contributed by atoms with E-state index in [1.54, 1.807) is 6.20 Å². The third kappa shape index (κ3) is 2.98. The van der Waals surface area contributed by atoms with Crippen molar-refractivity contribution in [2.24, 2.45) is 0 Å². The van der Waals surface area contributed by atoms with Crippen LogP contribution in [-0.2, 0) is 6.54 Å². The maximum Gasteiger partial charge on any atom is 0.0637 e. The molecule has 1 N–H and O–H groups in total. The van der Waals surface area contributed by atoms with Crippen LogP contribution in [0.15, 0.2) is 36.7 Å². The van der Waals surface area contributed by atoms with Gasteiger partial charge in [-0.2, -0.15) is 0 Å². The van der Waals surface area contributed by atoms with Gasteiger partial charge in [-0.3, -0.25) is 4.98 Å². The van der Waals surface area contributed by atoms with E-state index in [1.807, 2.05) is 30.5 Å². The van der Waals surface area contributed by atoms with Gasteiger partial charge in [0.1, 0.15) is 0 Å². The Hall–Kier alpha value is -1.54. The molecule has 0 radical (unpaired) electrons. The van der Waals surface area contributed by atoms with E-state index in [2.05, 4.69) is 24.1 Å². The number of nitrogens with zero attached hydrogens (tertiary/aromatic N) is 1. The first kappa shape index (κ1) is 11.9. The maximum atomic E-state index is 6.12. The Morgan fingerprint density at radius 3 is 2.82 bits per heavy atom. The minimum atomic E-state index is 0.739. The minimum Gasteiger partial charge on any atom is -0.380 e. The summed E-state index contributed by atoms with van der Waals surface area (Å²) in [5.41, 5.74) is 4.58. The molecular weight excluding hydrogens is 232 g/mol. The van der Waals surface area contributed by atoms with E-state index < -0.39 is 0 Å². The Bertz CT molecular complexity index is 523. The molecule has 88 valence electrons. The van der Waals surface area contributed by atoms with Crippen molar-refractivity contribution in [1.29, 1.82) is 0 Å². The van der Waals surface area contributed by atoms with Gasteiger partial charge in [0.05, 0.1) is 10.7 Å². The molecular formula is C14H15ClN2. The van der Waals surface area contributed by atoms with Crippen LogP contribution in [0.25, 0.3) is 0 Å². The van der Waals surface area contributed by atoms with E-state index in [9.17, 15) is 0 Å². The molecule has 17 heavy (non-hydrogen) atoms. The number of benzene rings is 1. The lowest BCUT2D eigenvalue weighted by molar-refractivity contribution is 1.08. The normalized spacial score (nSPS) is 10.3. The van der Waals surface area contributed by atoms with Gasteiger partial charge in [0.2, 0.25) is 0 Å². The summed E-state index contributed by atoms with van der Waals surface area (Å²) in [5, 5.41) is 4.09. The van der Waals surface area contributed by atoms with Crippen LogP contribution < -0.4 is 5.32 Å². The summed E-state index contributed by atoms with van der Waals surface area (Å²) in [7, 11) is 0. The van der Waals surface area contributed by atoms with Crippen molar-refractivity contribution in [3.63, 3.8) is 0 Å². The van der Waals surface area contributed by atoms with Crippen molar-refractivity contribution in [3.8, 4) is 0 Å². The smallest absolute Gasteiger partial charge is 0.0637 e. The summed E-state index contributed by atoms with van der Waals surface area (Å²) in [5.74, 6) is 0. The van der Waals surface area contributed by atoms with Crippen molar-refractivity contribution in [2.45, 2.75) is 20.4 Å². The molecule has 0 unspecified atom stereocenters. The molecule has 0 aliphatic rings. The number of pyridine rings is 1. The number of hydrogen-bond donors (Lipinski definition) is 1. The largest absolute Gasteiger partial charge is 0.380 e. The van der Waals surface area contributed by atoms with E-state index in [0.717, 1.165) is 17.3 Å². The molecule has 0 amide bonds. The Morgan fingerprint density at radius 2 is 2.06 bits per heavy atom. The summed E-state index contributed by atoms with van der Waals surface area (Å²) in [6.07, 6.45) is 3.69. The molecule has 0 bridgehead atoms. The first-order valence-corrected chi connectivity index (χ1v) is 5.94. The second-order valence-corrected chi connectivity index (χ2v) is 4.55. The van der Waals surface area contributed by atoms with Crippen LogP contribution in [0.4, 0.5) is 5.69 Å². The molecule has 0 atom stereocenters. The van der Waals surface area contributed by atoms with Crippen LogP contribution in [0.1, 0.15) is 16.7 Å². The van der Waals surface area contributed by atoms with Gasteiger partial charge in [-0.15, -0.1) is 0 Å². The van der Waals surface area contributed by atoms with Gasteiger partial charge in [-0.1, -0.05) is 17.7 Å². The molecule has 2 nitrogen and oxygen atoms in total. The minimum absolute atomic E-state index is 0.739. The molecule has 0 aliphatic carbocycles. The van der Waals surface area contributed by atoms with Crippen molar-refractivity contribution in [1.82, 2.24) is 4.98 Å². The highest BCUT2D eigenvalue weighted by atomic mass is 35.5. The van der Waals surface area contributed by atoms with Crippen LogP contribution in [0.5, 0.6) is 0 Å². The van der Waals surface area contributed by atoms with Crippen molar-refractivity contribution in [3.05, 3.63) is 58.4 Å². The lowest BCUT2D eigenvalue weighted by Gasteiger charge is -2.10. The number of rotatable bonds is 3. The standard InChI is InChI=1S/C14H15ClN2/c1-10-3-4-13(15)14(7-10)17-9-12-8-16-6-5-11(12)2/h3-8,17H,9H2,1-2H3. The van der Waals surface area contributed by atoms with Crippen molar-refractivity contribution < 1.29 is 0 Å². The fraction of sp³-hybridized carbons (Fsp3) is 0.214. The van der Waals surface area contributed by atoms with Gasteiger partial charge >= 0.3 is 0 Å². The SMILES string of the molecule is Cc1ccc(Cl)c(NCc2cnccc2C)c1. The third-order valence-corrected chi connectivity index (χ3v) is 3.07. The summed E-state index contributed by atoms with van der Waals surface area (Å²) < 4.78 is 0. The Kier molecular flexibility index (Phi) is 3.64. The van der Waals surface area contributed by atoms with Gasteiger partial charge in [-0.05, 0) is 48.7 Å². The Labute approximate surface area is 107 Å². The molecule has 0 saturated carbocycles. The second-order valence-electron chi connectivity index (χ2n) is 4.14. The average molecular weight is 247 g/mol. The zero-order valence-corrected chi connectivity index (χ0v) is 10.8. The molecule has 3 heteroatoms. The number of aromatic nitrogens is 1. The van der Waals surface area contributed by atoms with E-state index in [4.69, 9.17) is 11.6 Å². The summed E-state index contributed by atoms with van der Waals surface area (Å²) >= 11 is 6.12. The van der Waals surface area contributed by atoms with Crippen LogP contribution in [0.3, 0.4) is 0 Å². The topological polar surface area (TPSA) is 24.9 Å². The Balaban J connectivity index is 2.12. The van der Waals surface area contributed by atoms with Crippen molar-refractivity contribution in [2.75, 3.05) is 5.32 Å². The second kappa shape index (κ2) is 5.19. The van der Waals surface area contributed by atoms with E-state index >= 15 is 0 Å². The summed E-state index contributed by atoms with van der Waals surface area (Å²) in [4.78, 5) is 4.12. The number of nitrogens with one attached hydrogen (secondary N) is 1. The molecule has 2 rings (SSSR count). The molecule has 1 aromatic carbocycles. The molecule has 0 spiro atoms.